The summed E-state index contributed by atoms with van der Waals surface area (Å²) < 4.78 is 0. The van der Waals surface area contributed by atoms with Crippen LogP contribution in [0.5, 0.6) is 0 Å². The molecule has 3 N–H and O–H groups in total. The van der Waals surface area contributed by atoms with Gasteiger partial charge < -0.3 is 5.73 Å². The Kier molecular flexibility index (Phi) is 6.08. The van der Waals surface area contributed by atoms with Crippen LogP contribution in [-0.4, -0.2) is 21.7 Å². The highest BCUT2D eigenvalue weighted by Gasteiger charge is 2.27. The average molecular weight is 239 g/mol. The average Bonchev–Trinajstić information content (AvgIpc) is 2.83. The number of H-pyrrole nitrogens is 1. The second kappa shape index (κ2) is 6.22. The molecule has 1 aliphatic rings. The molecule has 1 fully saturated rings. The van der Waals surface area contributed by atoms with E-state index in [2.05, 4.69) is 15.2 Å². The minimum absolute atomic E-state index is 0. The third kappa shape index (κ3) is 3.44. The van der Waals surface area contributed by atoms with Gasteiger partial charge >= 0.3 is 0 Å². The summed E-state index contributed by atoms with van der Waals surface area (Å²) in [6.07, 6.45) is 4.43. The summed E-state index contributed by atoms with van der Waals surface area (Å²) in [4.78, 5) is 4.39. The number of aromatic nitrogens is 3. The molecule has 1 heterocycles. The lowest BCUT2D eigenvalue weighted by atomic mass is 10.3. The van der Waals surface area contributed by atoms with Gasteiger partial charge in [-0.25, -0.2) is 4.98 Å². The lowest BCUT2D eigenvalue weighted by Crippen LogP contribution is -2.01. The van der Waals surface area contributed by atoms with Crippen LogP contribution in [0.3, 0.4) is 0 Å². The van der Waals surface area contributed by atoms with Crippen molar-refractivity contribution < 1.29 is 0 Å². The van der Waals surface area contributed by atoms with Gasteiger partial charge in [-0.15, -0.1) is 24.8 Å². The van der Waals surface area contributed by atoms with Crippen LogP contribution in [0.25, 0.3) is 0 Å². The number of nitrogens with two attached hydrogens (primary N) is 1. The second-order valence-electron chi connectivity index (χ2n) is 3.31. The van der Waals surface area contributed by atoms with Crippen molar-refractivity contribution in [3.8, 4) is 0 Å². The fourth-order valence-electron chi connectivity index (χ4n) is 1.22. The van der Waals surface area contributed by atoms with Crippen molar-refractivity contribution in [2.24, 2.45) is 5.73 Å². The number of rotatable bonds is 4. The van der Waals surface area contributed by atoms with Crippen LogP contribution in [0.2, 0.25) is 0 Å². The molecule has 2 rings (SSSR count). The minimum atomic E-state index is 0. The van der Waals surface area contributed by atoms with Crippen molar-refractivity contribution in [1.82, 2.24) is 15.2 Å². The Hall–Kier alpha value is -0.320. The highest BCUT2D eigenvalue weighted by atomic mass is 35.5. The predicted octanol–water partition coefficient (Wildman–Crippen LogP) is 1.42. The van der Waals surface area contributed by atoms with Crippen LogP contribution in [0.15, 0.2) is 0 Å². The van der Waals surface area contributed by atoms with Gasteiger partial charge in [-0.05, 0) is 25.8 Å². The summed E-state index contributed by atoms with van der Waals surface area (Å²) in [6.45, 7) is 0.722. The molecule has 14 heavy (non-hydrogen) atoms. The van der Waals surface area contributed by atoms with Gasteiger partial charge in [-0.1, -0.05) is 0 Å². The number of nitrogens with one attached hydrogen (secondary N) is 1. The zero-order valence-electron chi connectivity index (χ0n) is 7.90. The van der Waals surface area contributed by atoms with Crippen molar-refractivity contribution in [3.05, 3.63) is 11.6 Å². The highest BCUT2D eigenvalue weighted by molar-refractivity contribution is 5.85. The van der Waals surface area contributed by atoms with Crippen LogP contribution in [-0.2, 0) is 6.42 Å². The molecule has 0 bridgehead atoms. The van der Waals surface area contributed by atoms with E-state index in [1.807, 2.05) is 0 Å². The number of halogens is 2. The first-order valence-electron chi connectivity index (χ1n) is 4.51. The maximum atomic E-state index is 5.39. The molecule has 0 atom stereocenters. The zero-order valence-corrected chi connectivity index (χ0v) is 9.53. The SMILES string of the molecule is Cl.Cl.NCCCc1nc(C2CC2)n[nH]1. The van der Waals surface area contributed by atoms with Gasteiger partial charge in [0.1, 0.15) is 5.82 Å². The molecule has 0 aromatic carbocycles. The predicted molar refractivity (Wildman–Crippen MR) is 60.2 cm³/mol. The van der Waals surface area contributed by atoms with Gasteiger partial charge in [0.2, 0.25) is 0 Å². The minimum Gasteiger partial charge on any atom is -0.330 e. The summed E-state index contributed by atoms with van der Waals surface area (Å²) in [5.41, 5.74) is 5.39. The van der Waals surface area contributed by atoms with E-state index in [0.717, 1.165) is 31.0 Å². The molecule has 0 radical (unpaired) electrons. The van der Waals surface area contributed by atoms with E-state index in [9.17, 15) is 0 Å². The standard InChI is InChI=1S/C8H14N4.2ClH/c9-5-1-2-7-10-8(12-11-7)6-3-4-6;;/h6H,1-5,9H2,(H,10,11,12);2*1H. The van der Waals surface area contributed by atoms with Crippen molar-refractivity contribution in [2.75, 3.05) is 6.54 Å². The van der Waals surface area contributed by atoms with Gasteiger partial charge in [0, 0.05) is 12.3 Å². The van der Waals surface area contributed by atoms with Gasteiger partial charge in [-0.3, -0.25) is 5.10 Å². The smallest absolute Gasteiger partial charge is 0.153 e. The Labute approximate surface area is 95.9 Å². The first-order valence-corrected chi connectivity index (χ1v) is 4.51. The topological polar surface area (TPSA) is 67.6 Å². The van der Waals surface area contributed by atoms with Gasteiger partial charge in [0.15, 0.2) is 5.82 Å². The zero-order chi connectivity index (χ0) is 8.39. The van der Waals surface area contributed by atoms with E-state index in [-0.39, 0.29) is 24.8 Å². The van der Waals surface area contributed by atoms with Crippen molar-refractivity contribution in [2.45, 2.75) is 31.6 Å². The first-order chi connectivity index (χ1) is 5.90. The van der Waals surface area contributed by atoms with Crippen LogP contribution in [0.4, 0.5) is 0 Å². The Morgan fingerprint density at radius 2 is 2.07 bits per heavy atom. The van der Waals surface area contributed by atoms with Gasteiger partial charge in [0.25, 0.3) is 0 Å². The molecule has 6 heteroatoms. The Bertz CT molecular complexity index is 260. The first kappa shape index (κ1) is 13.7. The Balaban J connectivity index is 0.000000845. The number of aromatic amines is 1. The molecule has 4 nitrogen and oxygen atoms in total. The number of aryl methyl sites for hydroxylation is 1. The monoisotopic (exact) mass is 238 g/mol. The molecule has 1 aromatic heterocycles. The van der Waals surface area contributed by atoms with E-state index in [0.29, 0.717) is 5.92 Å². The molecule has 0 aliphatic heterocycles. The lowest BCUT2D eigenvalue weighted by molar-refractivity contribution is 0.785. The Morgan fingerprint density at radius 1 is 1.36 bits per heavy atom. The van der Waals surface area contributed by atoms with Crippen LogP contribution in [0, 0.1) is 0 Å². The fourth-order valence-corrected chi connectivity index (χ4v) is 1.22. The highest BCUT2D eigenvalue weighted by Crippen LogP contribution is 2.37. The summed E-state index contributed by atoms with van der Waals surface area (Å²) in [5.74, 6) is 2.64. The maximum absolute atomic E-state index is 5.39. The Morgan fingerprint density at radius 3 is 2.64 bits per heavy atom. The van der Waals surface area contributed by atoms with Crippen molar-refractivity contribution >= 4 is 24.8 Å². The van der Waals surface area contributed by atoms with Crippen LogP contribution in [0.1, 0.15) is 36.8 Å². The lowest BCUT2D eigenvalue weighted by Gasteiger charge is -1.90. The molecule has 1 aromatic rings. The summed E-state index contributed by atoms with van der Waals surface area (Å²) in [5, 5.41) is 7.10. The molecule has 1 aliphatic carbocycles. The van der Waals surface area contributed by atoms with Crippen LogP contribution >= 0.6 is 24.8 Å². The van der Waals surface area contributed by atoms with Crippen molar-refractivity contribution in [3.63, 3.8) is 0 Å². The van der Waals surface area contributed by atoms with E-state index in [1.54, 1.807) is 0 Å². The quantitative estimate of drug-likeness (QED) is 0.834. The molecular formula is C8H16Cl2N4. The summed E-state index contributed by atoms with van der Waals surface area (Å²) >= 11 is 0. The molecule has 0 saturated heterocycles. The third-order valence-electron chi connectivity index (χ3n) is 2.11. The fraction of sp³-hybridized carbons (Fsp3) is 0.750. The number of nitrogens with zero attached hydrogens (tertiary/aromatic N) is 2. The van der Waals surface area contributed by atoms with Gasteiger partial charge in [-0.2, -0.15) is 5.10 Å². The third-order valence-corrected chi connectivity index (χ3v) is 2.11. The largest absolute Gasteiger partial charge is 0.330 e. The van der Waals surface area contributed by atoms with Gasteiger partial charge in [0.05, 0.1) is 0 Å². The molecule has 0 spiro atoms. The van der Waals surface area contributed by atoms with E-state index in [4.69, 9.17) is 5.73 Å². The normalized spacial score (nSPS) is 14.4. The molecule has 82 valence electrons. The molecule has 0 unspecified atom stereocenters. The maximum Gasteiger partial charge on any atom is 0.153 e. The van der Waals surface area contributed by atoms with Crippen molar-refractivity contribution in [1.29, 1.82) is 0 Å². The van der Waals surface area contributed by atoms with E-state index < -0.39 is 0 Å². The van der Waals surface area contributed by atoms with E-state index in [1.165, 1.54) is 12.8 Å². The summed E-state index contributed by atoms with van der Waals surface area (Å²) in [7, 11) is 0. The van der Waals surface area contributed by atoms with E-state index >= 15 is 0 Å². The summed E-state index contributed by atoms with van der Waals surface area (Å²) in [6, 6.07) is 0. The number of hydrogen-bond donors (Lipinski definition) is 2. The molecular weight excluding hydrogens is 223 g/mol. The number of hydrogen-bond acceptors (Lipinski definition) is 3. The van der Waals surface area contributed by atoms with Crippen LogP contribution < -0.4 is 5.73 Å². The second-order valence-corrected chi connectivity index (χ2v) is 3.31. The molecule has 1 saturated carbocycles. The molecule has 0 amide bonds.